The summed E-state index contributed by atoms with van der Waals surface area (Å²) >= 11 is 0. The number of carbonyl (C=O) groups is 1. The van der Waals surface area contributed by atoms with E-state index >= 15 is 0 Å². The zero-order chi connectivity index (χ0) is 21.7. The number of hydrogen-bond acceptors (Lipinski definition) is 4. The molecule has 1 saturated heterocycles. The Balaban J connectivity index is 1.92. The van der Waals surface area contributed by atoms with Gasteiger partial charge < -0.3 is 9.64 Å². The minimum Gasteiger partial charge on any atom is -0.496 e. The number of nitrogens with one attached hydrogen (secondary N) is 1. The van der Waals surface area contributed by atoms with Gasteiger partial charge in [-0.25, -0.2) is 13.1 Å². The molecule has 30 heavy (non-hydrogen) atoms. The summed E-state index contributed by atoms with van der Waals surface area (Å²) in [5.41, 5.74) is 1.19. The van der Waals surface area contributed by atoms with E-state index in [2.05, 4.69) is 18.6 Å². The molecule has 3 rings (SSSR count). The van der Waals surface area contributed by atoms with E-state index in [0.717, 1.165) is 18.4 Å². The van der Waals surface area contributed by atoms with E-state index in [9.17, 15) is 13.2 Å². The second-order valence-electron chi connectivity index (χ2n) is 8.08. The van der Waals surface area contributed by atoms with E-state index < -0.39 is 10.0 Å². The van der Waals surface area contributed by atoms with Gasteiger partial charge in [0.15, 0.2) is 0 Å². The van der Waals surface area contributed by atoms with E-state index in [1.54, 1.807) is 11.0 Å². The van der Waals surface area contributed by atoms with Crippen LogP contribution in [-0.2, 0) is 10.0 Å². The van der Waals surface area contributed by atoms with Gasteiger partial charge in [0.1, 0.15) is 5.75 Å². The summed E-state index contributed by atoms with van der Waals surface area (Å²) in [6.45, 7) is 5.48. The van der Waals surface area contributed by atoms with Crippen LogP contribution in [0.3, 0.4) is 0 Å². The van der Waals surface area contributed by atoms with Crippen LogP contribution in [0.15, 0.2) is 53.4 Å². The Morgan fingerprint density at radius 3 is 2.37 bits per heavy atom. The highest BCUT2D eigenvalue weighted by Gasteiger charge is 2.27. The predicted octanol–water partition coefficient (Wildman–Crippen LogP) is 4.00. The van der Waals surface area contributed by atoms with E-state index in [1.165, 1.54) is 19.2 Å². The Morgan fingerprint density at radius 1 is 1.10 bits per heavy atom. The molecule has 1 amide bonds. The summed E-state index contributed by atoms with van der Waals surface area (Å²) < 4.78 is 34.6. The molecule has 1 atom stereocenters. The molecule has 0 bridgehead atoms. The van der Waals surface area contributed by atoms with Crippen LogP contribution in [0.4, 0.5) is 0 Å². The molecule has 1 aliphatic rings. The van der Waals surface area contributed by atoms with Gasteiger partial charge in [-0.05, 0) is 48.9 Å². The van der Waals surface area contributed by atoms with Crippen LogP contribution in [0.5, 0.6) is 5.75 Å². The summed E-state index contributed by atoms with van der Waals surface area (Å²) in [4.78, 5) is 14.7. The van der Waals surface area contributed by atoms with Gasteiger partial charge in [0.25, 0.3) is 5.91 Å². The van der Waals surface area contributed by atoms with Crippen LogP contribution in [0, 0.1) is 5.92 Å². The van der Waals surface area contributed by atoms with Crippen molar-refractivity contribution in [2.24, 2.45) is 5.92 Å². The molecule has 1 aliphatic heterocycles. The molecule has 0 unspecified atom stereocenters. The van der Waals surface area contributed by atoms with Crippen molar-refractivity contribution < 1.29 is 17.9 Å². The topological polar surface area (TPSA) is 75.7 Å². The zero-order valence-electron chi connectivity index (χ0n) is 17.8. The van der Waals surface area contributed by atoms with Crippen molar-refractivity contribution in [2.75, 3.05) is 20.2 Å². The number of likely N-dealkylation sites (tertiary alicyclic amines) is 1. The summed E-state index contributed by atoms with van der Waals surface area (Å²) in [5.74, 6) is 0.497. The van der Waals surface area contributed by atoms with Crippen molar-refractivity contribution in [3.8, 4) is 5.75 Å². The lowest BCUT2D eigenvalue weighted by atomic mass is 9.98. The number of amides is 1. The van der Waals surface area contributed by atoms with E-state index in [4.69, 9.17) is 4.74 Å². The zero-order valence-corrected chi connectivity index (χ0v) is 18.6. The summed E-state index contributed by atoms with van der Waals surface area (Å²) in [6, 6.07) is 13.7. The second-order valence-corrected chi connectivity index (χ2v) is 9.79. The largest absolute Gasteiger partial charge is 0.496 e. The number of carbonyl (C=O) groups excluding carboxylic acids is 1. The molecule has 0 spiro atoms. The summed E-state index contributed by atoms with van der Waals surface area (Å²) in [5, 5.41) is 0. The molecule has 2 aromatic rings. The molecule has 1 fully saturated rings. The van der Waals surface area contributed by atoms with E-state index in [-0.39, 0.29) is 22.4 Å². The van der Waals surface area contributed by atoms with Crippen molar-refractivity contribution in [1.82, 2.24) is 9.62 Å². The van der Waals surface area contributed by atoms with Crippen molar-refractivity contribution in [2.45, 2.75) is 44.0 Å². The minimum absolute atomic E-state index is 0.0653. The Morgan fingerprint density at radius 2 is 1.77 bits per heavy atom. The molecule has 1 heterocycles. The highest BCUT2D eigenvalue weighted by Crippen LogP contribution is 2.28. The first-order valence-electron chi connectivity index (χ1n) is 10.4. The van der Waals surface area contributed by atoms with Gasteiger partial charge in [-0.2, -0.15) is 0 Å². The van der Waals surface area contributed by atoms with Gasteiger partial charge in [-0.1, -0.05) is 44.2 Å². The Labute approximate surface area is 179 Å². The highest BCUT2D eigenvalue weighted by molar-refractivity contribution is 7.89. The van der Waals surface area contributed by atoms with Crippen LogP contribution >= 0.6 is 0 Å². The molecule has 2 aromatic carbocycles. The second kappa shape index (κ2) is 9.62. The molecule has 0 aliphatic carbocycles. The first-order chi connectivity index (χ1) is 14.3. The fraction of sp³-hybridized carbons (Fsp3) is 0.435. The van der Waals surface area contributed by atoms with Crippen LogP contribution in [0.1, 0.15) is 55.1 Å². The minimum atomic E-state index is -3.83. The number of sulfonamides is 1. The van der Waals surface area contributed by atoms with Gasteiger partial charge in [0.2, 0.25) is 10.0 Å². The van der Waals surface area contributed by atoms with E-state index in [1.807, 2.05) is 30.3 Å². The number of nitrogens with zero attached hydrogens (tertiary/aromatic N) is 1. The Hall–Kier alpha value is -2.38. The molecule has 7 heteroatoms. The van der Waals surface area contributed by atoms with Gasteiger partial charge in [-0.15, -0.1) is 0 Å². The number of benzene rings is 2. The molecule has 6 nitrogen and oxygen atoms in total. The van der Waals surface area contributed by atoms with Gasteiger partial charge in [0.05, 0.1) is 17.6 Å². The number of hydrogen-bond donors (Lipinski definition) is 1. The van der Waals surface area contributed by atoms with E-state index in [0.29, 0.717) is 31.2 Å². The predicted molar refractivity (Wildman–Crippen MR) is 117 cm³/mol. The lowest BCUT2D eigenvalue weighted by Gasteiger charge is -2.22. The number of ether oxygens (including phenoxy) is 1. The maximum absolute atomic E-state index is 13.2. The molecular formula is C23H30N2O4S. The third kappa shape index (κ3) is 5.21. The molecular weight excluding hydrogens is 400 g/mol. The third-order valence-electron chi connectivity index (χ3n) is 5.31. The normalized spacial score (nSPS) is 15.4. The average molecular weight is 431 g/mol. The van der Waals surface area contributed by atoms with Crippen molar-refractivity contribution >= 4 is 15.9 Å². The SMILES string of the molecule is COc1ccc(S(=O)(=O)N[C@H](CC(C)C)c2ccccc2)cc1C(=O)N1CCCC1. The Bertz CT molecular complexity index is 968. The molecule has 0 aromatic heterocycles. The monoisotopic (exact) mass is 430 g/mol. The Kier molecular flexibility index (Phi) is 7.15. The quantitative estimate of drug-likeness (QED) is 0.687. The standard InChI is InChI=1S/C23H30N2O4S/c1-17(2)15-21(18-9-5-4-6-10-18)24-30(27,28)19-11-12-22(29-3)20(16-19)23(26)25-13-7-8-14-25/h4-6,9-12,16-17,21,24H,7-8,13-15H2,1-3H3/t21-/m1/s1. The third-order valence-corrected chi connectivity index (χ3v) is 6.78. The fourth-order valence-electron chi connectivity index (χ4n) is 3.78. The van der Waals surface area contributed by atoms with Crippen LogP contribution in [0.25, 0.3) is 0 Å². The fourth-order valence-corrected chi connectivity index (χ4v) is 5.04. The molecule has 0 saturated carbocycles. The van der Waals surface area contributed by atoms with Crippen LogP contribution < -0.4 is 9.46 Å². The van der Waals surface area contributed by atoms with Gasteiger partial charge >= 0.3 is 0 Å². The first kappa shape index (κ1) is 22.3. The summed E-state index contributed by atoms with van der Waals surface area (Å²) in [6.07, 6.45) is 2.59. The molecule has 162 valence electrons. The summed E-state index contributed by atoms with van der Waals surface area (Å²) in [7, 11) is -2.35. The average Bonchev–Trinajstić information content (AvgIpc) is 3.27. The maximum atomic E-state index is 13.2. The van der Waals surface area contributed by atoms with Crippen molar-refractivity contribution in [3.05, 3.63) is 59.7 Å². The molecule has 1 N–H and O–H groups in total. The lowest BCUT2D eigenvalue weighted by molar-refractivity contribution is 0.0789. The first-order valence-corrected chi connectivity index (χ1v) is 11.8. The van der Waals surface area contributed by atoms with Gasteiger partial charge in [-0.3, -0.25) is 4.79 Å². The van der Waals surface area contributed by atoms with Gasteiger partial charge in [0, 0.05) is 19.1 Å². The highest BCUT2D eigenvalue weighted by atomic mass is 32.2. The van der Waals surface area contributed by atoms with Crippen molar-refractivity contribution in [3.63, 3.8) is 0 Å². The smallest absolute Gasteiger partial charge is 0.257 e. The number of methoxy groups -OCH3 is 1. The van der Waals surface area contributed by atoms with Crippen LogP contribution in [-0.4, -0.2) is 39.4 Å². The molecule has 0 radical (unpaired) electrons. The maximum Gasteiger partial charge on any atom is 0.257 e. The van der Waals surface area contributed by atoms with Crippen LogP contribution in [0.2, 0.25) is 0 Å². The lowest BCUT2D eigenvalue weighted by Crippen LogP contribution is -2.31. The van der Waals surface area contributed by atoms with Crippen molar-refractivity contribution in [1.29, 1.82) is 0 Å². The number of rotatable bonds is 8.